The largest absolute Gasteiger partial charge is 0.481 e. The standard InChI is InChI=1S/C24H35ClO3/c1-2-3-4-7-10-18-13-15-19(16-14-18)24-20(21(25)17-22(24)26)11-8-5-6-9-12-23(27)28/h5,8,13-16,20-22,24,26H,2-4,6-7,9-12,17H2,1H3,(H,27,28)/b8-5-/t20?,21-,22-,24-/m1/s1. The number of unbranched alkanes of at least 4 members (excludes halogenated alkanes) is 4. The second kappa shape index (κ2) is 12.3. The predicted octanol–water partition coefficient (Wildman–Crippen LogP) is 6.08. The lowest BCUT2D eigenvalue weighted by molar-refractivity contribution is -0.137. The molecule has 1 fully saturated rings. The molecule has 4 heteroatoms. The maximum atomic E-state index is 10.6. The summed E-state index contributed by atoms with van der Waals surface area (Å²) < 4.78 is 0. The number of aliphatic carboxylic acids is 1. The summed E-state index contributed by atoms with van der Waals surface area (Å²) in [6, 6.07) is 8.74. The Kier molecular flexibility index (Phi) is 10.1. The molecular weight excluding hydrogens is 372 g/mol. The van der Waals surface area contributed by atoms with Crippen LogP contribution in [-0.4, -0.2) is 27.7 Å². The van der Waals surface area contributed by atoms with Gasteiger partial charge >= 0.3 is 5.97 Å². The van der Waals surface area contributed by atoms with E-state index in [0.29, 0.717) is 12.8 Å². The van der Waals surface area contributed by atoms with Gasteiger partial charge in [-0.15, -0.1) is 11.6 Å². The van der Waals surface area contributed by atoms with Gasteiger partial charge in [0.1, 0.15) is 0 Å². The van der Waals surface area contributed by atoms with E-state index in [1.807, 2.05) is 6.08 Å². The topological polar surface area (TPSA) is 57.5 Å². The molecule has 1 saturated carbocycles. The van der Waals surface area contributed by atoms with Gasteiger partial charge in [-0.3, -0.25) is 4.79 Å². The number of aliphatic hydroxyl groups excluding tert-OH is 1. The van der Waals surface area contributed by atoms with Crippen LogP contribution in [0.5, 0.6) is 0 Å². The van der Waals surface area contributed by atoms with E-state index in [1.54, 1.807) is 0 Å². The molecule has 0 radical (unpaired) electrons. The van der Waals surface area contributed by atoms with Crippen LogP contribution in [0.1, 0.15) is 81.8 Å². The van der Waals surface area contributed by atoms with Crippen molar-refractivity contribution in [2.45, 2.75) is 88.5 Å². The smallest absolute Gasteiger partial charge is 0.303 e. The Morgan fingerprint density at radius 3 is 2.57 bits per heavy atom. The highest BCUT2D eigenvalue weighted by molar-refractivity contribution is 6.21. The van der Waals surface area contributed by atoms with E-state index in [0.717, 1.165) is 19.3 Å². The minimum Gasteiger partial charge on any atom is -0.481 e. The highest BCUT2D eigenvalue weighted by atomic mass is 35.5. The number of carboxylic acids is 1. The van der Waals surface area contributed by atoms with Crippen molar-refractivity contribution in [2.24, 2.45) is 5.92 Å². The molecule has 2 N–H and O–H groups in total. The van der Waals surface area contributed by atoms with Gasteiger partial charge < -0.3 is 10.2 Å². The van der Waals surface area contributed by atoms with Crippen LogP contribution in [-0.2, 0) is 11.2 Å². The van der Waals surface area contributed by atoms with Gasteiger partial charge in [-0.2, -0.15) is 0 Å². The Morgan fingerprint density at radius 2 is 1.89 bits per heavy atom. The van der Waals surface area contributed by atoms with Crippen molar-refractivity contribution in [3.8, 4) is 0 Å². The quantitative estimate of drug-likeness (QED) is 0.251. The molecular formula is C24H35ClO3. The molecule has 1 aliphatic carbocycles. The van der Waals surface area contributed by atoms with Crippen LogP contribution in [0.3, 0.4) is 0 Å². The molecule has 1 aromatic rings. The molecule has 1 aliphatic rings. The third-order valence-corrected chi connectivity index (χ3v) is 6.33. The zero-order valence-corrected chi connectivity index (χ0v) is 17.8. The van der Waals surface area contributed by atoms with Gasteiger partial charge in [0.2, 0.25) is 0 Å². The van der Waals surface area contributed by atoms with E-state index < -0.39 is 12.1 Å². The first kappa shape index (κ1) is 23.0. The maximum absolute atomic E-state index is 10.6. The Bertz CT molecular complexity index is 611. The van der Waals surface area contributed by atoms with Gasteiger partial charge in [-0.25, -0.2) is 0 Å². The first-order chi connectivity index (χ1) is 13.5. The molecule has 0 bridgehead atoms. The van der Waals surface area contributed by atoms with Crippen LogP contribution in [0.25, 0.3) is 0 Å². The predicted molar refractivity (Wildman–Crippen MR) is 116 cm³/mol. The molecule has 0 aromatic heterocycles. The fourth-order valence-electron chi connectivity index (χ4n) is 4.23. The summed E-state index contributed by atoms with van der Waals surface area (Å²) in [5.41, 5.74) is 2.54. The van der Waals surface area contributed by atoms with Crippen LogP contribution >= 0.6 is 11.6 Å². The zero-order valence-electron chi connectivity index (χ0n) is 17.0. The van der Waals surface area contributed by atoms with Crippen molar-refractivity contribution >= 4 is 17.6 Å². The van der Waals surface area contributed by atoms with Crippen molar-refractivity contribution in [1.29, 1.82) is 0 Å². The molecule has 0 amide bonds. The summed E-state index contributed by atoms with van der Waals surface area (Å²) in [4.78, 5) is 10.6. The summed E-state index contributed by atoms with van der Waals surface area (Å²) in [6.45, 7) is 2.23. The number of alkyl halides is 1. The SMILES string of the molecule is CCCCCCc1ccc([C@@H]2C(C/C=C\CCCC(=O)O)[C@H](Cl)C[C@H]2O)cc1. The number of benzene rings is 1. The molecule has 156 valence electrons. The average molecular weight is 407 g/mol. The van der Waals surface area contributed by atoms with Crippen molar-refractivity contribution in [1.82, 2.24) is 0 Å². The highest BCUT2D eigenvalue weighted by Gasteiger charge is 2.41. The molecule has 3 nitrogen and oxygen atoms in total. The Balaban J connectivity index is 1.91. The number of hydrogen-bond donors (Lipinski definition) is 2. The summed E-state index contributed by atoms with van der Waals surface area (Å²) in [7, 11) is 0. The van der Waals surface area contributed by atoms with Crippen molar-refractivity contribution in [3.05, 3.63) is 47.5 Å². The second-order valence-electron chi connectivity index (χ2n) is 8.05. The average Bonchev–Trinajstić information content (AvgIpc) is 2.95. The summed E-state index contributed by atoms with van der Waals surface area (Å²) >= 11 is 6.56. The van der Waals surface area contributed by atoms with Crippen molar-refractivity contribution < 1.29 is 15.0 Å². The van der Waals surface area contributed by atoms with Gasteiger partial charge in [0.05, 0.1) is 6.10 Å². The lowest BCUT2D eigenvalue weighted by Crippen LogP contribution is -2.18. The number of halogens is 1. The van der Waals surface area contributed by atoms with Gasteiger partial charge in [-0.05, 0) is 55.6 Å². The zero-order chi connectivity index (χ0) is 20.4. The van der Waals surface area contributed by atoms with E-state index >= 15 is 0 Å². The maximum Gasteiger partial charge on any atom is 0.303 e. The Labute approximate surface area is 174 Å². The molecule has 4 atom stereocenters. The molecule has 0 heterocycles. The number of aryl methyl sites for hydroxylation is 1. The Morgan fingerprint density at radius 1 is 1.14 bits per heavy atom. The number of allylic oxidation sites excluding steroid dienone is 2. The number of carbonyl (C=O) groups is 1. The minimum atomic E-state index is -0.748. The molecule has 1 aromatic carbocycles. The third kappa shape index (κ3) is 7.25. The third-order valence-electron chi connectivity index (χ3n) is 5.83. The Hall–Kier alpha value is -1.32. The molecule has 28 heavy (non-hydrogen) atoms. The van der Waals surface area contributed by atoms with Crippen LogP contribution in [0.2, 0.25) is 0 Å². The monoisotopic (exact) mass is 406 g/mol. The van der Waals surface area contributed by atoms with E-state index in [2.05, 4.69) is 37.3 Å². The van der Waals surface area contributed by atoms with Crippen molar-refractivity contribution in [2.75, 3.05) is 0 Å². The van der Waals surface area contributed by atoms with E-state index in [4.69, 9.17) is 16.7 Å². The molecule has 1 unspecified atom stereocenters. The van der Waals surface area contributed by atoms with Gasteiger partial charge in [0, 0.05) is 17.7 Å². The van der Waals surface area contributed by atoms with Crippen LogP contribution in [0.15, 0.2) is 36.4 Å². The van der Waals surface area contributed by atoms with Gasteiger partial charge in [0.25, 0.3) is 0 Å². The highest BCUT2D eigenvalue weighted by Crippen LogP contribution is 2.44. The lowest BCUT2D eigenvalue weighted by atomic mass is 9.85. The van der Waals surface area contributed by atoms with E-state index in [-0.39, 0.29) is 23.6 Å². The number of aliphatic hydroxyl groups is 1. The number of carboxylic acid groups (broad SMARTS) is 1. The minimum absolute atomic E-state index is 0.0302. The normalized spacial score (nSPS) is 24.8. The van der Waals surface area contributed by atoms with Crippen molar-refractivity contribution in [3.63, 3.8) is 0 Å². The molecule has 0 spiro atoms. The number of rotatable bonds is 12. The first-order valence-electron chi connectivity index (χ1n) is 10.8. The number of hydrogen-bond acceptors (Lipinski definition) is 2. The van der Waals surface area contributed by atoms with Crippen LogP contribution in [0, 0.1) is 5.92 Å². The first-order valence-corrected chi connectivity index (χ1v) is 11.2. The molecule has 0 saturated heterocycles. The van der Waals surface area contributed by atoms with Crippen LogP contribution < -0.4 is 0 Å². The van der Waals surface area contributed by atoms with Crippen LogP contribution in [0.4, 0.5) is 0 Å². The van der Waals surface area contributed by atoms with Gasteiger partial charge in [-0.1, -0.05) is 62.6 Å². The molecule has 2 rings (SSSR count). The lowest BCUT2D eigenvalue weighted by Gasteiger charge is -2.23. The summed E-state index contributed by atoms with van der Waals surface area (Å²) in [5.74, 6) is -0.467. The summed E-state index contributed by atoms with van der Waals surface area (Å²) in [6.07, 6.45) is 13.0. The second-order valence-corrected chi connectivity index (χ2v) is 8.61. The molecule has 0 aliphatic heterocycles. The van der Waals surface area contributed by atoms with E-state index in [1.165, 1.54) is 36.8 Å². The fraction of sp³-hybridized carbons (Fsp3) is 0.625. The fourth-order valence-corrected chi connectivity index (χ4v) is 4.67. The van der Waals surface area contributed by atoms with E-state index in [9.17, 15) is 9.90 Å². The van der Waals surface area contributed by atoms with Gasteiger partial charge in [0.15, 0.2) is 0 Å². The summed E-state index contributed by atoms with van der Waals surface area (Å²) in [5, 5.41) is 19.2.